The van der Waals surface area contributed by atoms with Gasteiger partial charge >= 0.3 is 0 Å². The Bertz CT molecular complexity index is 1080. The second kappa shape index (κ2) is 10.4. The van der Waals surface area contributed by atoms with Crippen LogP contribution >= 0.6 is 0 Å². The predicted molar refractivity (Wildman–Crippen MR) is 124 cm³/mol. The van der Waals surface area contributed by atoms with Gasteiger partial charge in [0, 0.05) is 48.8 Å². The predicted octanol–water partition coefficient (Wildman–Crippen LogP) is 3.37. The molecule has 7 nitrogen and oxygen atoms in total. The third-order valence-corrected chi connectivity index (χ3v) is 5.52. The summed E-state index contributed by atoms with van der Waals surface area (Å²) >= 11 is 0. The molecule has 1 aliphatic rings. The van der Waals surface area contributed by atoms with Gasteiger partial charge in [-0.25, -0.2) is 4.98 Å². The lowest BCUT2D eigenvalue weighted by Gasteiger charge is -2.26. The van der Waals surface area contributed by atoms with Crippen molar-refractivity contribution in [2.45, 2.75) is 6.92 Å². The zero-order valence-electron chi connectivity index (χ0n) is 18.6. The Kier molecular flexibility index (Phi) is 7.19. The number of carbonyl (C=O) groups excluding carboxylic acids is 1. The molecule has 3 aromatic rings. The Morgan fingerprint density at radius 3 is 2.78 bits per heavy atom. The highest BCUT2D eigenvalue weighted by atomic mass is 16.5. The highest BCUT2D eigenvalue weighted by Gasteiger charge is 2.14. The Morgan fingerprint density at radius 1 is 1.16 bits per heavy atom. The average molecular weight is 436 g/mol. The zero-order valence-corrected chi connectivity index (χ0v) is 18.6. The maximum Gasteiger partial charge on any atom is 0.251 e. The van der Waals surface area contributed by atoms with Gasteiger partial charge in [-0.2, -0.15) is 0 Å². The summed E-state index contributed by atoms with van der Waals surface area (Å²) in [6, 6.07) is 15.2. The van der Waals surface area contributed by atoms with Crippen molar-refractivity contribution in [3.63, 3.8) is 0 Å². The lowest BCUT2D eigenvalue weighted by molar-refractivity contribution is 0.0383. The molecule has 1 amide bonds. The van der Waals surface area contributed by atoms with E-state index < -0.39 is 0 Å². The molecule has 1 aliphatic heterocycles. The molecular formula is C25H29N3O4. The minimum absolute atomic E-state index is 0.0977. The van der Waals surface area contributed by atoms with Crippen molar-refractivity contribution in [2.24, 2.45) is 0 Å². The molecule has 7 heteroatoms. The van der Waals surface area contributed by atoms with Crippen LogP contribution in [0.5, 0.6) is 11.5 Å². The van der Waals surface area contributed by atoms with Crippen LogP contribution in [0, 0.1) is 0 Å². The van der Waals surface area contributed by atoms with Crippen LogP contribution in [0.1, 0.15) is 17.3 Å². The van der Waals surface area contributed by atoms with Crippen LogP contribution in [0.3, 0.4) is 0 Å². The van der Waals surface area contributed by atoms with Crippen LogP contribution in [0.4, 0.5) is 0 Å². The monoisotopic (exact) mass is 435 g/mol. The summed E-state index contributed by atoms with van der Waals surface area (Å²) in [5.74, 6) is 1.38. The lowest BCUT2D eigenvalue weighted by Crippen LogP contribution is -2.41. The van der Waals surface area contributed by atoms with E-state index in [4.69, 9.17) is 19.2 Å². The van der Waals surface area contributed by atoms with Crippen molar-refractivity contribution in [1.29, 1.82) is 0 Å². The standard InChI is InChI=1S/C25H29N3O4/c1-3-32-24-17-23(18-5-4-6-20(15-18)30-2)27-22-8-7-19(16-21(22)24)25(29)26-9-10-28-11-13-31-14-12-28/h4-8,15-17H,3,9-14H2,1-2H3,(H,26,29). The van der Waals surface area contributed by atoms with Gasteiger partial charge in [0.25, 0.3) is 5.91 Å². The van der Waals surface area contributed by atoms with Gasteiger partial charge in [-0.3, -0.25) is 9.69 Å². The molecular weight excluding hydrogens is 406 g/mol. The summed E-state index contributed by atoms with van der Waals surface area (Å²) in [5.41, 5.74) is 3.11. The SMILES string of the molecule is CCOc1cc(-c2cccc(OC)c2)nc2ccc(C(=O)NCCN3CCOCC3)cc12. The van der Waals surface area contributed by atoms with Gasteiger partial charge in [0.1, 0.15) is 11.5 Å². The fourth-order valence-electron chi connectivity index (χ4n) is 3.80. The zero-order chi connectivity index (χ0) is 22.3. The number of nitrogens with one attached hydrogen (secondary N) is 1. The number of carbonyl (C=O) groups is 1. The van der Waals surface area contributed by atoms with E-state index in [1.807, 2.05) is 55.5 Å². The molecule has 1 aromatic heterocycles. The van der Waals surface area contributed by atoms with Gasteiger partial charge < -0.3 is 19.5 Å². The number of rotatable bonds is 8. The van der Waals surface area contributed by atoms with Crippen molar-refractivity contribution >= 4 is 16.8 Å². The van der Waals surface area contributed by atoms with E-state index in [9.17, 15) is 4.79 Å². The first kappa shape index (κ1) is 22.0. The molecule has 0 spiro atoms. The van der Waals surface area contributed by atoms with Gasteiger partial charge in [0.05, 0.1) is 38.1 Å². The number of benzene rings is 2. The molecule has 32 heavy (non-hydrogen) atoms. The Hall–Kier alpha value is -3.16. The molecule has 2 heterocycles. The molecule has 0 bridgehead atoms. The number of amides is 1. The lowest BCUT2D eigenvalue weighted by atomic mass is 10.1. The fourth-order valence-corrected chi connectivity index (χ4v) is 3.80. The summed E-state index contributed by atoms with van der Waals surface area (Å²) in [4.78, 5) is 19.8. The van der Waals surface area contributed by atoms with Gasteiger partial charge in [-0.1, -0.05) is 12.1 Å². The van der Waals surface area contributed by atoms with Gasteiger partial charge in [-0.05, 0) is 37.3 Å². The smallest absolute Gasteiger partial charge is 0.251 e. The first-order valence-corrected chi connectivity index (χ1v) is 11.0. The van der Waals surface area contributed by atoms with Crippen molar-refractivity contribution in [1.82, 2.24) is 15.2 Å². The number of nitrogens with zero attached hydrogens (tertiary/aromatic N) is 2. The van der Waals surface area contributed by atoms with Crippen LogP contribution < -0.4 is 14.8 Å². The number of morpholine rings is 1. The average Bonchev–Trinajstić information content (AvgIpc) is 2.84. The fraction of sp³-hybridized carbons (Fsp3) is 0.360. The minimum Gasteiger partial charge on any atom is -0.497 e. The summed E-state index contributed by atoms with van der Waals surface area (Å²) in [6.07, 6.45) is 0. The number of hydrogen-bond donors (Lipinski definition) is 1. The van der Waals surface area contributed by atoms with Crippen LogP contribution in [-0.4, -0.2) is 68.9 Å². The van der Waals surface area contributed by atoms with E-state index in [0.717, 1.165) is 60.8 Å². The molecule has 1 fully saturated rings. The number of pyridine rings is 1. The maximum atomic E-state index is 12.7. The van der Waals surface area contributed by atoms with Crippen molar-refractivity contribution in [3.05, 3.63) is 54.1 Å². The van der Waals surface area contributed by atoms with Gasteiger partial charge in [-0.15, -0.1) is 0 Å². The molecule has 4 rings (SSSR count). The third-order valence-electron chi connectivity index (χ3n) is 5.52. The number of aromatic nitrogens is 1. The third kappa shape index (κ3) is 5.18. The second-order valence-electron chi connectivity index (χ2n) is 7.61. The topological polar surface area (TPSA) is 72.9 Å². The summed E-state index contributed by atoms with van der Waals surface area (Å²) in [7, 11) is 1.64. The van der Waals surface area contributed by atoms with Gasteiger partial charge in [0.15, 0.2) is 0 Å². The molecule has 2 aromatic carbocycles. The van der Waals surface area contributed by atoms with E-state index >= 15 is 0 Å². The Labute approximate surface area is 188 Å². The number of fused-ring (bicyclic) bond motifs is 1. The van der Waals surface area contributed by atoms with Crippen LogP contribution in [-0.2, 0) is 4.74 Å². The van der Waals surface area contributed by atoms with E-state index in [-0.39, 0.29) is 5.91 Å². The number of hydrogen-bond acceptors (Lipinski definition) is 6. The Balaban J connectivity index is 1.55. The number of methoxy groups -OCH3 is 1. The molecule has 0 radical (unpaired) electrons. The summed E-state index contributed by atoms with van der Waals surface area (Å²) in [6.45, 7) is 7.20. The summed E-state index contributed by atoms with van der Waals surface area (Å²) in [5, 5.41) is 3.83. The number of ether oxygens (including phenoxy) is 3. The molecule has 0 unspecified atom stereocenters. The Morgan fingerprint density at radius 2 is 2.00 bits per heavy atom. The van der Waals surface area contributed by atoms with Crippen LogP contribution in [0.15, 0.2) is 48.5 Å². The minimum atomic E-state index is -0.0977. The van der Waals surface area contributed by atoms with Crippen molar-refractivity contribution < 1.29 is 19.0 Å². The van der Waals surface area contributed by atoms with Crippen molar-refractivity contribution in [3.8, 4) is 22.8 Å². The van der Waals surface area contributed by atoms with E-state index in [0.29, 0.717) is 24.5 Å². The first-order chi connectivity index (χ1) is 15.7. The second-order valence-corrected chi connectivity index (χ2v) is 7.61. The molecule has 0 aliphatic carbocycles. The quantitative estimate of drug-likeness (QED) is 0.585. The maximum absolute atomic E-state index is 12.7. The molecule has 0 atom stereocenters. The first-order valence-electron chi connectivity index (χ1n) is 11.0. The van der Waals surface area contributed by atoms with Crippen molar-refractivity contribution in [2.75, 3.05) is 53.1 Å². The molecule has 1 saturated heterocycles. The van der Waals surface area contributed by atoms with E-state index in [1.54, 1.807) is 7.11 Å². The molecule has 1 N–H and O–H groups in total. The highest BCUT2D eigenvalue weighted by molar-refractivity contribution is 5.99. The van der Waals surface area contributed by atoms with Gasteiger partial charge in [0.2, 0.25) is 0 Å². The van der Waals surface area contributed by atoms with Crippen LogP contribution in [0.2, 0.25) is 0 Å². The van der Waals surface area contributed by atoms with E-state index in [2.05, 4.69) is 10.2 Å². The highest BCUT2D eigenvalue weighted by Crippen LogP contribution is 2.32. The summed E-state index contributed by atoms with van der Waals surface area (Å²) < 4.78 is 16.6. The van der Waals surface area contributed by atoms with E-state index in [1.165, 1.54) is 0 Å². The largest absolute Gasteiger partial charge is 0.497 e. The molecule has 168 valence electrons. The molecule has 0 saturated carbocycles. The normalized spacial score (nSPS) is 14.3. The van der Waals surface area contributed by atoms with Crippen LogP contribution in [0.25, 0.3) is 22.2 Å².